The smallest absolute Gasteiger partial charge is 0.295 e. The van der Waals surface area contributed by atoms with Crippen LogP contribution in [-0.2, 0) is 23.1 Å². The van der Waals surface area contributed by atoms with E-state index in [4.69, 9.17) is 11.6 Å². The Kier molecular flexibility index (Phi) is 7.19. The number of amides is 2. The van der Waals surface area contributed by atoms with Crippen molar-refractivity contribution in [2.24, 2.45) is 7.05 Å². The number of aryl methyl sites for hydroxylation is 1. The third kappa shape index (κ3) is 4.93. The largest absolute Gasteiger partial charge is 0.349 e. The molecule has 9 heteroatoms. The molecule has 0 spiro atoms. The zero-order valence-corrected chi connectivity index (χ0v) is 20.9. The van der Waals surface area contributed by atoms with E-state index >= 15 is 0 Å². The molecule has 7 nitrogen and oxygen atoms in total. The Bertz CT molecular complexity index is 1290. The van der Waals surface area contributed by atoms with Gasteiger partial charge >= 0.3 is 0 Å². The molecule has 1 heterocycles. The van der Waals surface area contributed by atoms with E-state index in [-0.39, 0.29) is 34.9 Å². The van der Waals surface area contributed by atoms with Gasteiger partial charge in [0.2, 0.25) is 11.8 Å². The van der Waals surface area contributed by atoms with Crippen molar-refractivity contribution < 1.29 is 9.59 Å². The molecule has 0 radical (unpaired) electrons. The van der Waals surface area contributed by atoms with Crippen molar-refractivity contribution in [1.82, 2.24) is 14.7 Å². The van der Waals surface area contributed by atoms with Gasteiger partial charge in [-0.1, -0.05) is 35.9 Å². The van der Waals surface area contributed by atoms with E-state index in [1.54, 1.807) is 25.6 Å². The number of nitrogens with one attached hydrogen (secondary N) is 2. The predicted molar refractivity (Wildman–Crippen MR) is 137 cm³/mol. The van der Waals surface area contributed by atoms with Gasteiger partial charge in [-0.05, 0) is 62.1 Å². The standard InChI is InChI=1S/C25H27ClN4O3S/c1-15-23(25(33)30(29(15)3)19-7-5-4-6-8-19)28-24(32)16(2)34-14-22(31)27-21-12-9-17-13-18(26)10-11-20(17)21/h4-8,10-11,13,16,21H,9,12,14H2,1-3H3,(H,27,31)(H,28,32). The molecule has 2 aromatic carbocycles. The van der Waals surface area contributed by atoms with Gasteiger partial charge in [-0.15, -0.1) is 11.8 Å². The predicted octanol–water partition coefficient (Wildman–Crippen LogP) is 4.00. The Labute approximate surface area is 207 Å². The average Bonchev–Trinajstić information content (AvgIpc) is 3.30. The van der Waals surface area contributed by atoms with E-state index in [1.807, 2.05) is 48.5 Å². The van der Waals surface area contributed by atoms with Gasteiger partial charge < -0.3 is 10.6 Å². The van der Waals surface area contributed by atoms with Gasteiger partial charge in [0.15, 0.2) is 0 Å². The van der Waals surface area contributed by atoms with Crippen LogP contribution in [0.25, 0.3) is 5.69 Å². The fourth-order valence-electron chi connectivity index (χ4n) is 4.19. The summed E-state index contributed by atoms with van der Waals surface area (Å²) in [6, 6.07) is 15.0. The van der Waals surface area contributed by atoms with Crippen LogP contribution >= 0.6 is 23.4 Å². The summed E-state index contributed by atoms with van der Waals surface area (Å²) in [5.41, 5.74) is 3.58. The van der Waals surface area contributed by atoms with Gasteiger partial charge in [0, 0.05) is 12.1 Å². The molecule has 1 aliphatic rings. The highest BCUT2D eigenvalue weighted by Gasteiger charge is 2.25. The SMILES string of the molecule is Cc1c(NC(=O)C(C)SCC(=O)NC2CCc3cc(Cl)ccc32)c(=O)n(-c2ccccc2)n1C. The van der Waals surface area contributed by atoms with Gasteiger partial charge in [0.1, 0.15) is 5.69 Å². The van der Waals surface area contributed by atoms with Crippen molar-refractivity contribution in [1.29, 1.82) is 0 Å². The minimum absolute atomic E-state index is 0.0343. The number of nitrogens with zero attached hydrogens (tertiary/aromatic N) is 2. The molecule has 0 saturated carbocycles. The van der Waals surface area contributed by atoms with E-state index in [0.717, 1.165) is 24.0 Å². The van der Waals surface area contributed by atoms with Gasteiger partial charge in [0.05, 0.1) is 28.4 Å². The number of carbonyl (C=O) groups excluding carboxylic acids is 2. The summed E-state index contributed by atoms with van der Waals surface area (Å²) < 4.78 is 3.23. The number of hydrogen-bond donors (Lipinski definition) is 2. The molecule has 0 saturated heterocycles. The summed E-state index contributed by atoms with van der Waals surface area (Å²) in [4.78, 5) is 38.3. The van der Waals surface area contributed by atoms with Crippen molar-refractivity contribution in [3.05, 3.63) is 80.7 Å². The highest BCUT2D eigenvalue weighted by atomic mass is 35.5. The Morgan fingerprint density at radius 2 is 1.94 bits per heavy atom. The van der Waals surface area contributed by atoms with E-state index in [9.17, 15) is 14.4 Å². The zero-order valence-electron chi connectivity index (χ0n) is 19.3. The van der Waals surface area contributed by atoms with Gasteiger partial charge in [-0.2, -0.15) is 0 Å². The lowest BCUT2D eigenvalue weighted by Crippen LogP contribution is -2.31. The minimum Gasteiger partial charge on any atom is -0.349 e. The fourth-order valence-corrected chi connectivity index (χ4v) is 5.08. The number of hydrogen-bond acceptors (Lipinski definition) is 4. The first-order chi connectivity index (χ1) is 16.3. The molecule has 2 amide bonds. The van der Waals surface area contributed by atoms with Crippen LogP contribution in [0, 0.1) is 6.92 Å². The maximum Gasteiger partial charge on any atom is 0.295 e. The molecule has 0 fully saturated rings. The van der Waals surface area contributed by atoms with E-state index < -0.39 is 5.25 Å². The van der Waals surface area contributed by atoms with Gasteiger partial charge in [0.25, 0.3) is 5.56 Å². The molecule has 0 aliphatic heterocycles. The zero-order chi connectivity index (χ0) is 24.4. The summed E-state index contributed by atoms with van der Waals surface area (Å²) in [7, 11) is 1.77. The summed E-state index contributed by atoms with van der Waals surface area (Å²) in [5, 5.41) is 6.01. The van der Waals surface area contributed by atoms with Crippen LogP contribution in [0.2, 0.25) is 5.02 Å². The molecule has 178 valence electrons. The van der Waals surface area contributed by atoms with Crippen molar-refractivity contribution in [2.45, 2.75) is 38.0 Å². The molecule has 1 aromatic heterocycles. The van der Waals surface area contributed by atoms with Gasteiger partial charge in [-0.25, -0.2) is 4.68 Å². The van der Waals surface area contributed by atoms with Crippen LogP contribution < -0.4 is 16.2 Å². The lowest BCUT2D eigenvalue weighted by Gasteiger charge is -2.15. The van der Waals surface area contributed by atoms with E-state index in [0.29, 0.717) is 16.4 Å². The number of para-hydroxylation sites is 1. The average molecular weight is 499 g/mol. The molecule has 2 unspecified atom stereocenters. The van der Waals surface area contributed by atoms with Crippen LogP contribution in [-0.4, -0.2) is 32.2 Å². The van der Waals surface area contributed by atoms with E-state index in [1.165, 1.54) is 16.4 Å². The Morgan fingerprint density at radius 3 is 2.68 bits per heavy atom. The fraction of sp³-hybridized carbons (Fsp3) is 0.320. The second-order valence-corrected chi connectivity index (χ2v) is 10.1. The lowest BCUT2D eigenvalue weighted by atomic mass is 10.1. The normalized spacial score (nSPS) is 15.6. The maximum absolute atomic E-state index is 13.0. The Morgan fingerprint density at radius 1 is 1.21 bits per heavy atom. The van der Waals surface area contributed by atoms with Crippen LogP contribution in [0.4, 0.5) is 5.69 Å². The maximum atomic E-state index is 13.0. The third-order valence-electron chi connectivity index (χ3n) is 6.15. The molecular weight excluding hydrogens is 472 g/mol. The highest BCUT2D eigenvalue weighted by Crippen LogP contribution is 2.33. The summed E-state index contributed by atoms with van der Waals surface area (Å²) in [6.07, 6.45) is 1.72. The molecule has 0 bridgehead atoms. The number of aromatic nitrogens is 2. The first kappa shape index (κ1) is 24.2. The number of halogens is 1. The molecule has 4 rings (SSSR count). The van der Waals surface area contributed by atoms with Gasteiger partial charge in [-0.3, -0.25) is 19.1 Å². The quantitative estimate of drug-likeness (QED) is 0.515. The molecule has 3 aromatic rings. The first-order valence-electron chi connectivity index (χ1n) is 11.1. The summed E-state index contributed by atoms with van der Waals surface area (Å²) in [6.45, 7) is 3.52. The number of benzene rings is 2. The van der Waals surface area contributed by atoms with Crippen LogP contribution in [0.15, 0.2) is 53.3 Å². The number of anilines is 1. The third-order valence-corrected chi connectivity index (χ3v) is 7.53. The number of carbonyl (C=O) groups is 2. The molecule has 1 aliphatic carbocycles. The Balaban J connectivity index is 1.35. The van der Waals surface area contributed by atoms with Crippen molar-refractivity contribution in [3.63, 3.8) is 0 Å². The second kappa shape index (κ2) is 10.1. The van der Waals surface area contributed by atoms with Crippen LogP contribution in [0.5, 0.6) is 0 Å². The Hall–Kier alpha value is -2.97. The highest BCUT2D eigenvalue weighted by molar-refractivity contribution is 8.01. The first-order valence-corrected chi connectivity index (χ1v) is 12.5. The van der Waals surface area contributed by atoms with Crippen molar-refractivity contribution in [3.8, 4) is 5.69 Å². The van der Waals surface area contributed by atoms with E-state index in [2.05, 4.69) is 10.6 Å². The monoisotopic (exact) mass is 498 g/mol. The summed E-state index contributed by atoms with van der Waals surface area (Å²) >= 11 is 7.30. The van der Waals surface area contributed by atoms with Crippen LogP contribution in [0.1, 0.15) is 36.2 Å². The summed E-state index contributed by atoms with van der Waals surface area (Å²) in [5.74, 6) is -0.291. The molecular formula is C25H27ClN4O3S. The molecule has 2 atom stereocenters. The molecule has 2 N–H and O–H groups in total. The topological polar surface area (TPSA) is 85.1 Å². The second-order valence-electron chi connectivity index (χ2n) is 8.38. The van der Waals surface area contributed by atoms with Crippen molar-refractivity contribution >= 4 is 40.9 Å². The minimum atomic E-state index is -0.510. The van der Waals surface area contributed by atoms with Crippen molar-refractivity contribution in [2.75, 3.05) is 11.1 Å². The lowest BCUT2D eigenvalue weighted by molar-refractivity contribution is -0.119. The van der Waals surface area contributed by atoms with Crippen LogP contribution in [0.3, 0.4) is 0 Å². The molecule has 34 heavy (non-hydrogen) atoms. The number of thioether (sulfide) groups is 1. The number of fused-ring (bicyclic) bond motifs is 1. The number of rotatable bonds is 7.